The minimum absolute atomic E-state index is 0.0113. The van der Waals surface area contributed by atoms with Crippen LogP contribution >= 0.6 is 0 Å². The van der Waals surface area contributed by atoms with Crippen molar-refractivity contribution in [2.24, 2.45) is 5.92 Å². The van der Waals surface area contributed by atoms with Gasteiger partial charge in [-0.2, -0.15) is 0 Å². The molecule has 0 saturated heterocycles. The van der Waals surface area contributed by atoms with E-state index in [9.17, 15) is 19.1 Å². The van der Waals surface area contributed by atoms with Gasteiger partial charge < -0.3 is 14.6 Å². The Morgan fingerprint density at radius 1 is 0.882 bits per heavy atom. The molecule has 1 atom stereocenters. The predicted molar refractivity (Wildman–Crippen MR) is 128 cm³/mol. The number of carbonyl (C=O) groups excluding carboxylic acids is 2. The van der Waals surface area contributed by atoms with Crippen molar-refractivity contribution in [3.8, 4) is 5.75 Å². The molecule has 0 aliphatic rings. The summed E-state index contributed by atoms with van der Waals surface area (Å²) in [6.45, 7) is 0. The molecular formula is C28H27FO5. The molecule has 0 heterocycles. The van der Waals surface area contributed by atoms with Crippen molar-refractivity contribution in [2.75, 3.05) is 14.2 Å². The number of phenolic OH excluding ortho intramolecular Hbond substituents is 1. The number of halogens is 1. The number of aromatic hydroxyl groups is 1. The number of hydrogen-bond acceptors (Lipinski definition) is 5. The van der Waals surface area contributed by atoms with Crippen LogP contribution in [0.1, 0.15) is 43.8 Å². The molecule has 0 aliphatic heterocycles. The Morgan fingerprint density at radius 3 is 2.00 bits per heavy atom. The molecule has 0 aromatic heterocycles. The Morgan fingerprint density at radius 2 is 1.44 bits per heavy atom. The summed E-state index contributed by atoms with van der Waals surface area (Å²) in [5, 5.41) is 10.0. The number of phenols is 1. The number of benzene rings is 3. The van der Waals surface area contributed by atoms with Gasteiger partial charge in [-0.25, -0.2) is 14.0 Å². The molecule has 3 aromatic rings. The number of allylic oxidation sites excluding steroid dienone is 1. The van der Waals surface area contributed by atoms with Gasteiger partial charge in [0, 0.05) is 5.56 Å². The molecule has 5 nitrogen and oxygen atoms in total. The highest BCUT2D eigenvalue weighted by Crippen LogP contribution is 2.23. The SMILES string of the molecule is COC(=O)c1ccc(CCC(/C=C/c2cc(F)ccc2O)Cc2ccc(C(=O)OC)cc2)cc1. The van der Waals surface area contributed by atoms with Gasteiger partial charge in [0.25, 0.3) is 0 Å². The Kier molecular flexibility index (Phi) is 8.57. The molecule has 0 fully saturated rings. The first-order chi connectivity index (χ1) is 16.4. The van der Waals surface area contributed by atoms with Crippen LogP contribution in [0, 0.1) is 11.7 Å². The first-order valence-corrected chi connectivity index (χ1v) is 10.9. The zero-order valence-electron chi connectivity index (χ0n) is 19.2. The number of methoxy groups -OCH3 is 2. The van der Waals surface area contributed by atoms with Gasteiger partial charge in [0.05, 0.1) is 25.3 Å². The lowest BCUT2D eigenvalue weighted by Gasteiger charge is -2.14. The van der Waals surface area contributed by atoms with E-state index in [1.165, 1.54) is 32.4 Å². The molecule has 0 amide bonds. The van der Waals surface area contributed by atoms with Gasteiger partial charge in [0.15, 0.2) is 0 Å². The summed E-state index contributed by atoms with van der Waals surface area (Å²) < 4.78 is 23.1. The number of rotatable bonds is 9. The second-order valence-corrected chi connectivity index (χ2v) is 7.94. The zero-order valence-corrected chi connectivity index (χ0v) is 19.2. The Balaban J connectivity index is 1.76. The van der Waals surface area contributed by atoms with Crippen molar-refractivity contribution in [3.63, 3.8) is 0 Å². The van der Waals surface area contributed by atoms with Crippen LogP contribution in [0.25, 0.3) is 6.08 Å². The molecule has 34 heavy (non-hydrogen) atoms. The first kappa shape index (κ1) is 24.7. The molecule has 0 radical (unpaired) electrons. The molecule has 1 N–H and O–H groups in total. The summed E-state index contributed by atoms with van der Waals surface area (Å²) in [4.78, 5) is 23.3. The van der Waals surface area contributed by atoms with Gasteiger partial charge in [0.1, 0.15) is 11.6 Å². The molecule has 0 bridgehead atoms. The fourth-order valence-corrected chi connectivity index (χ4v) is 3.64. The largest absolute Gasteiger partial charge is 0.507 e. The monoisotopic (exact) mass is 462 g/mol. The molecular weight excluding hydrogens is 435 g/mol. The third kappa shape index (κ3) is 6.78. The highest BCUT2D eigenvalue weighted by Gasteiger charge is 2.11. The van der Waals surface area contributed by atoms with E-state index in [-0.39, 0.29) is 23.6 Å². The van der Waals surface area contributed by atoms with E-state index in [4.69, 9.17) is 9.47 Å². The van der Waals surface area contributed by atoms with E-state index in [0.29, 0.717) is 23.1 Å². The number of carbonyl (C=O) groups is 2. The number of hydrogen-bond donors (Lipinski definition) is 1. The summed E-state index contributed by atoms with van der Waals surface area (Å²) in [6.07, 6.45) is 5.92. The minimum Gasteiger partial charge on any atom is -0.507 e. The van der Waals surface area contributed by atoms with Crippen LogP contribution in [-0.2, 0) is 22.3 Å². The Bertz CT molecular complexity index is 1150. The van der Waals surface area contributed by atoms with Crippen molar-refractivity contribution in [1.82, 2.24) is 0 Å². The minimum atomic E-state index is -0.418. The van der Waals surface area contributed by atoms with E-state index < -0.39 is 5.82 Å². The number of esters is 2. The Hall–Kier alpha value is -3.93. The average molecular weight is 463 g/mol. The summed E-state index contributed by atoms with van der Waals surface area (Å²) in [5.74, 6) is -1.10. The van der Waals surface area contributed by atoms with Gasteiger partial charge in [-0.3, -0.25) is 0 Å². The highest BCUT2D eigenvalue weighted by molar-refractivity contribution is 5.89. The van der Waals surface area contributed by atoms with Crippen molar-refractivity contribution >= 4 is 18.0 Å². The van der Waals surface area contributed by atoms with Gasteiger partial charge in [-0.1, -0.05) is 36.4 Å². The Labute approximate surface area is 198 Å². The van der Waals surface area contributed by atoms with Gasteiger partial charge in [-0.15, -0.1) is 0 Å². The summed E-state index contributed by atoms with van der Waals surface area (Å²) >= 11 is 0. The molecule has 1 unspecified atom stereocenters. The summed E-state index contributed by atoms with van der Waals surface area (Å²) in [7, 11) is 2.69. The van der Waals surface area contributed by atoms with E-state index >= 15 is 0 Å². The van der Waals surface area contributed by atoms with Gasteiger partial charge in [-0.05, 0) is 78.8 Å². The lowest BCUT2D eigenvalue weighted by atomic mass is 9.91. The van der Waals surface area contributed by atoms with E-state index in [1.807, 2.05) is 30.3 Å². The molecule has 0 aliphatic carbocycles. The zero-order chi connectivity index (χ0) is 24.5. The number of ether oxygens (including phenoxy) is 2. The topological polar surface area (TPSA) is 72.8 Å². The second kappa shape index (κ2) is 11.8. The van der Waals surface area contributed by atoms with Crippen LogP contribution in [0.3, 0.4) is 0 Å². The normalized spacial score (nSPS) is 11.9. The predicted octanol–water partition coefficient (Wildman–Crippen LogP) is 5.61. The molecule has 3 aromatic carbocycles. The molecule has 0 saturated carbocycles. The molecule has 6 heteroatoms. The van der Waals surface area contributed by atoms with Crippen LogP contribution in [0.15, 0.2) is 72.8 Å². The number of aryl methyl sites for hydroxylation is 1. The molecule has 0 spiro atoms. The maximum atomic E-state index is 13.6. The van der Waals surface area contributed by atoms with Crippen LogP contribution in [0.4, 0.5) is 4.39 Å². The maximum absolute atomic E-state index is 13.6. The maximum Gasteiger partial charge on any atom is 0.337 e. The third-order valence-corrected chi connectivity index (χ3v) is 5.59. The van der Waals surface area contributed by atoms with E-state index in [1.54, 1.807) is 30.3 Å². The summed E-state index contributed by atoms with van der Waals surface area (Å²) in [6, 6.07) is 18.3. The standard InChI is InChI=1S/C28H27FO5/c1-33-27(31)22-10-5-19(6-11-22)3-4-20(9-14-24-18-25(29)15-16-26(24)30)17-21-7-12-23(13-8-21)28(32)34-2/h5-16,18,20,30H,3-4,17H2,1-2H3/b14-9+. The van der Waals surface area contributed by atoms with Crippen LogP contribution in [0.2, 0.25) is 0 Å². The van der Waals surface area contributed by atoms with Crippen LogP contribution < -0.4 is 0 Å². The van der Waals surface area contributed by atoms with Crippen molar-refractivity contribution in [3.05, 3.63) is 106 Å². The van der Waals surface area contributed by atoms with E-state index in [0.717, 1.165) is 24.0 Å². The molecule has 176 valence electrons. The third-order valence-electron chi connectivity index (χ3n) is 5.59. The quantitative estimate of drug-likeness (QED) is 0.419. The van der Waals surface area contributed by atoms with E-state index in [2.05, 4.69) is 0 Å². The smallest absolute Gasteiger partial charge is 0.337 e. The van der Waals surface area contributed by atoms with Crippen LogP contribution in [0.5, 0.6) is 5.75 Å². The fourth-order valence-electron chi connectivity index (χ4n) is 3.64. The van der Waals surface area contributed by atoms with Crippen molar-refractivity contribution in [1.29, 1.82) is 0 Å². The van der Waals surface area contributed by atoms with Crippen LogP contribution in [-0.4, -0.2) is 31.3 Å². The fraction of sp³-hybridized carbons (Fsp3) is 0.214. The van der Waals surface area contributed by atoms with Crippen molar-refractivity contribution < 1.29 is 28.6 Å². The molecule has 3 rings (SSSR count). The highest BCUT2D eigenvalue weighted by atomic mass is 19.1. The lowest BCUT2D eigenvalue weighted by molar-refractivity contribution is 0.0592. The summed E-state index contributed by atoms with van der Waals surface area (Å²) in [5.41, 5.74) is 3.49. The first-order valence-electron chi connectivity index (χ1n) is 10.9. The van der Waals surface area contributed by atoms with Crippen molar-refractivity contribution in [2.45, 2.75) is 19.3 Å². The van der Waals surface area contributed by atoms with Gasteiger partial charge in [0.2, 0.25) is 0 Å². The second-order valence-electron chi connectivity index (χ2n) is 7.94. The average Bonchev–Trinajstić information content (AvgIpc) is 2.87. The lowest BCUT2D eigenvalue weighted by Crippen LogP contribution is -2.06. The van der Waals surface area contributed by atoms with Gasteiger partial charge >= 0.3 is 11.9 Å².